The van der Waals surface area contributed by atoms with Gasteiger partial charge in [-0.05, 0) is 36.2 Å². The van der Waals surface area contributed by atoms with Crippen LogP contribution in [-0.4, -0.2) is 44.0 Å². The van der Waals surface area contributed by atoms with Crippen LogP contribution >= 0.6 is 0 Å². The largest absolute Gasteiger partial charge is 0.494 e. The van der Waals surface area contributed by atoms with E-state index in [1.54, 1.807) is 42.5 Å². The summed E-state index contributed by atoms with van der Waals surface area (Å²) in [5, 5.41) is 20.8. The van der Waals surface area contributed by atoms with E-state index in [0.717, 1.165) is 11.1 Å². The molecular formula is C21H20N4O4. The average Bonchev–Trinajstić information content (AvgIpc) is 3.10. The van der Waals surface area contributed by atoms with Crippen LogP contribution in [0.4, 0.5) is 0 Å². The van der Waals surface area contributed by atoms with Gasteiger partial charge >= 0.3 is 0 Å². The fourth-order valence-corrected chi connectivity index (χ4v) is 3.29. The molecule has 4 heterocycles. The fourth-order valence-electron chi connectivity index (χ4n) is 3.29. The second-order valence-corrected chi connectivity index (χ2v) is 6.55. The van der Waals surface area contributed by atoms with Gasteiger partial charge < -0.3 is 19.7 Å². The maximum Gasteiger partial charge on any atom is 0.256 e. The molecule has 0 fully saturated rings. The number of aliphatic hydroxyl groups is 1. The summed E-state index contributed by atoms with van der Waals surface area (Å²) in [5.41, 5.74) is 4.25. The van der Waals surface area contributed by atoms with Crippen LogP contribution in [0, 0.1) is 6.92 Å². The molecule has 0 spiro atoms. The molecule has 4 aromatic heterocycles. The number of hydrogen-bond donors (Lipinski definition) is 2. The first-order valence-corrected chi connectivity index (χ1v) is 8.91. The topological polar surface area (TPSA) is 103 Å². The van der Waals surface area contributed by atoms with Crippen molar-refractivity contribution in [1.82, 2.24) is 19.5 Å². The number of aromatic nitrogens is 4. The number of aryl methyl sites for hydroxylation is 1. The van der Waals surface area contributed by atoms with E-state index in [-0.39, 0.29) is 12.5 Å². The van der Waals surface area contributed by atoms with Crippen LogP contribution in [0.15, 0.2) is 43.0 Å². The Hall–Kier alpha value is -3.65. The van der Waals surface area contributed by atoms with Gasteiger partial charge in [0.2, 0.25) is 5.88 Å². The van der Waals surface area contributed by atoms with Crippen molar-refractivity contribution in [3.8, 4) is 34.5 Å². The summed E-state index contributed by atoms with van der Waals surface area (Å²) < 4.78 is 12.1. The maximum atomic E-state index is 10.8. The van der Waals surface area contributed by atoms with Crippen LogP contribution in [0.25, 0.3) is 27.8 Å². The van der Waals surface area contributed by atoms with Crippen molar-refractivity contribution in [2.45, 2.75) is 13.5 Å². The van der Waals surface area contributed by atoms with Crippen LogP contribution in [0.1, 0.15) is 11.1 Å². The quantitative estimate of drug-likeness (QED) is 0.538. The number of nitrogens with zero attached hydrogens (tertiary/aromatic N) is 4. The van der Waals surface area contributed by atoms with E-state index in [1.165, 1.54) is 7.11 Å². The van der Waals surface area contributed by atoms with Gasteiger partial charge in [0.15, 0.2) is 5.75 Å². The molecule has 0 bridgehead atoms. The van der Waals surface area contributed by atoms with Gasteiger partial charge in [-0.1, -0.05) is 0 Å². The molecule has 0 unspecified atom stereocenters. The number of rotatable bonds is 5. The number of fused-ring (bicyclic) bond motifs is 1. The van der Waals surface area contributed by atoms with E-state index < -0.39 is 0 Å². The van der Waals surface area contributed by atoms with Gasteiger partial charge in [-0.25, -0.2) is 9.97 Å². The van der Waals surface area contributed by atoms with Gasteiger partial charge in [-0.2, -0.15) is 0 Å². The average molecular weight is 392 g/mol. The first-order valence-electron chi connectivity index (χ1n) is 8.91. The van der Waals surface area contributed by atoms with E-state index in [0.29, 0.717) is 39.5 Å². The molecule has 148 valence electrons. The molecule has 2 N–H and O–H groups in total. The number of ether oxygens (including phenoxy) is 2. The molecule has 4 aromatic rings. The van der Waals surface area contributed by atoms with Gasteiger partial charge in [-0.3, -0.25) is 9.55 Å². The summed E-state index contributed by atoms with van der Waals surface area (Å²) in [6.45, 7) is 1.78. The van der Waals surface area contributed by atoms with Crippen LogP contribution in [0.5, 0.6) is 17.5 Å². The van der Waals surface area contributed by atoms with Crippen molar-refractivity contribution < 1.29 is 19.7 Å². The van der Waals surface area contributed by atoms with Gasteiger partial charge in [-0.15, -0.1) is 0 Å². The Morgan fingerprint density at radius 1 is 1.07 bits per heavy atom. The van der Waals surface area contributed by atoms with Gasteiger partial charge in [0.1, 0.15) is 0 Å². The number of aromatic hydroxyl groups is 1. The number of hydrogen-bond acceptors (Lipinski definition) is 7. The number of pyridine rings is 3. The lowest BCUT2D eigenvalue weighted by Crippen LogP contribution is -1.95. The Morgan fingerprint density at radius 2 is 1.90 bits per heavy atom. The zero-order chi connectivity index (χ0) is 20.5. The molecular weight excluding hydrogens is 372 g/mol. The van der Waals surface area contributed by atoms with Crippen LogP contribution in [-0.2, 0) is 6.61 Å². The molecule has 0 aromatic carbocycles. The minimum Gasteiger partial charge on any atom is -0.494 e. The van der Waals surface area contributed by atoms with Gasteiger partial charge in [0, 0.05) is 24.2 Å². The highest BCUT2D eigenvalue weighted by Gasteiger charge is 2.17. The molecule has 8 heteroatoms. The Balaban J connectivity index is 1.86. The van der Waals surface area contributed by atoms with Crippen LogP contribution < -0.4 is 9.47 Å². The second-order valence-electron chi connectivity index (χ2n) is 6.55. The summed E-state index contributed by atoms with van der Waals surface area (Å²) in [6.07, 6.45) is 6.61. The third kappa shape index (κ3) is 3.23. The smallest absolute Gasteiger partial charge is 0.256 e. The summed E-state index contributed by atoms with van der Waals surface area (Å²) in [6, 6.07) is 5.46. The van der Waals surface area contributed by atoms with E-state index in [2.05, 4.69) is 9.97 Å². The van der Waals surface area contributed by atoms with Crippen molar-refractivity contribution in [3.63, 3.8) is 0 Å². The van der Waals surface area contributed by atoms with Gasteiger partial charge in [0.05, 0.1) is 49.3 Å². The molecule has 0 amide bonds. The summed E-state index contributed by atoms with van der Waals surface area (Å²) >= 11 is 0. The van der Waals surface area contributed by atoms with Crippen LogP contribution in [0.3, 0.4) is 0 Å². The zero-order valence-electron chi connectivity index (χ0n) is 16.2. The SMILES string of the molecule is COc1cc(-c2cc(C)c3c(O)n(-c4cncc(CO)c4)cc3n2)cnc1OC. The third-order valence-electron chi connectivity index (χ3n) is 4.72. The molecule has 8 nitrogen and oxygen atoms in total. The summed E-state index contributed by atoms with van der Waals surface area (Å²) in [5.74, 6) is 0.977. The minimum atomic E-state index is -0.129. The lowest BCUT2D eigenvalue weighted by Gasteiger charge is -2.09. The Labute approximate surface area is 167 Å². The second kappa shape index (κ2) is 7.40. The third-order valence-corrected chi connectivity index (χ3v) is 4.72. The molecule has 4 rings (SSSR count). The summed E-state index contributed by atoms with van der Waals surface area (Å²) in [7, 11) is 3.09. The predicted octanol–water partition coefficient (Wildman–Crippen LogP) is 3.01. The zero-order valence-corrected chi connectivity index (χ0v) is 16.2. The van der Waals surface area contributed by atoms with E-state index in [1.807, 2.05) is 19.1 Å². The van der Waals surface area contributed by atoms with E-state index >= 15 is 0 Å². The first kappa shape index (κ1) is 18.7. The molecule has 0 aliphatic rings. The van der Waals surface area contributed by atoms with Crippen LogP contribution in [0.2, 0.25) is 0 Å². The van der Waals surface area contributed by atoms with E-state index in [4.69, 9.17) is 14.5 Å². The Kier molecular flexibility index (Phi) is 4.77. The molecule has 0 atom stereocenters. The lowest BCUT2D eigenvalue weighted by atomic mass is 10.1. The van der Waals surface area contributed by atoms with E-state index in [9.17, 15) is 10.2 Å². The fraction of sp³-hybridized carbons (Fsp3) is 0.190. The number of aliphatic hydroxyl groups excluding tert-OH is 1. The standard InChI is InChI=1S/C21H20N4O4/c1-12-4-16(14-6-18(28-2)20(29-3)23-8-14)24-17-10-25(21(27)19(12)17)15-5-13(11-26)7-22-9-15/h4-10,26-27H,11H2,1-3H3. The molecule has 0 saturated carbocycles. The highest BCUT2D eigenvalue weighted by Crippen LogP contribution is 2.35. The Bertz CT molecular complexity index is 1200. The van der Waals surface area contributed by atoms with Crippen molar-refractivity contribution >= 4 is 10.9 Å². The Morgan fingerprint density at radius 3 is 2.62 bits per heavy atom. The van der Waals surface area contributed by atoms with Crippen molar-refractivity contribution in [3.05, 3.63) is 54.1 Å². The molecule has 0 radical (unpaired) electrons. The molecule has 0 aliphatic carbocycles. The maximum absolute atomic E-state index is 10.8. The molecule has 0 aliphatic heterocycles. The highest BCUT2D eigenvalue weighted by atomic mass is 16.5. The monoisotopic (exact) mass is 392 g/mol. The summed E-state index contributed by atoms with van der Waals surface area (Å²) in [4.78, 5) is 13.1. The normalized spacial score (nSPS) is 11.0. The highest BCUT2D eigenvalue weighted by molar-refractivity contribution is 5.90. The molecule has 29 heavy (non-hydrogen) atoms. The lowest BCUT2D eigenvalue weighted by molar-refractivity contribution is 0.281. The minimum absolute atomic E-state index is 0.0684. The number of methoxy groups -OCH3 is 2. The van der Waals surface area contributed by atoms with Crippen molar-refractivity contribution in [2.75, 3.05) is 14.2 Å². The van der Waals surface area contributed by atoms with Crippen molar-refractivity contribution in [1.29, 1.82) is 0 Å². The van der Waals surface area contributed by atoms with Gasteiger partial charge in [0.25, 0.3) is 5.88 Å². The molecule has 0 saturated heterocycles. The van der Waals surface area contributed by atoms with Crippen molar-refractivity contribution in [2.24, 2.45) is 0 Å². The first-order chi connectivity index (χ1) is 14.0. The predicted molar refractivity (Wildman–Crippen MR) is 108 cm³/mol.